The Hall–Kier alpha value is -0.0800. The van der Waals surface area contributed by atoms with E-state index < -0.39 is 5.60 Å². The first-order chi connectivity index (χ1) is 7.47. The Morgan fingerprint density at radius 1 is 1.38 bits per heavy atom. The summed E-state index contributed by atoms with van der Waals surface area (Å²) in [6.45, 7) is 9.53. The fraction of sp³-hybridized carbons (Fsp3) is 1.00. The zero-order valence-corrected chi connectivity index (χ0v) is 11.3. The number of hydrogen-bond acceptors (Lipinski definition) is 2. The third kappa shape index (κ3) is 4.06. The molecule has 2 heteroatoms. The molecule has 0 spiro atoms. The molecule has 1 saturated heterocycles. The number of aliphatic hydroxyl groups is 1. The number of ether oxygens (including phenoxy) is 1. The lowest BCUT2D eigenvalue weighted by Crippen LogP contribution is -2.43. The largest absolute Gasteiger partial charge is 0.390 e. The van der Waals surface area contributed by atoms with Crippen LogP contribution in [-0.4, -0.2) is 23.4 Å². The molecule has 1 N–H and O–H groups in total. The lowest BCUT2D eigenvalue weighted by molar-refractivity contribution is -0.125. The highest BCUT2D eigenvalue weighted by Gasteiger charge is 2.36. The van der Waals surface area contributed by atoms with Crippen LogP contribution < -0.4 is 0 Å². The van der Waals surface area contributed by atoms with Crippen molar-refractivity contribution in [2.24, 2.45) is 11.8 Å². The summed E-state index contributed by atoms with van der Waals surface area (Å²) in [5.41, 5.74) is -0.470. The van der Waals surface area contributed by atoms with E-state index in [1.54, 1.807) is 0 Å². The molecule has 2 nitrogen and oxygen atoms in total. The summed E-state index contributed by atoms with van der Waals surface area (Å²) in [6, 6.07) is 0. The highest BCUT2D eigenvalue weighted by atomic mass is 16.5. The third-order valence-corrected chi connectivity index (χ3v) is 3.73. The Kier molecular flexibility index (Phi) is 5.26. The molecule has 1 aliphatic heterocycles. The third-order valence-electron chi connectivity index (χ3n) is 3.73. The lowest BCUT2D eigenvalue weighted by atomic mass is 9.79. The van der Waals surface area contributed by atoms with Crippen molar-refractivity contribution < 1.29 is 9.84 Å². The molecule has 1 heterocycles. The van der Waals surface area contributed by atoms with Crippen LogP contribution in [0.1, 0.15) is 59.8 Å². The van der Waals surface area contributed by atoms with Gasteiger partial charge in [0.25, 0.3) is 0 Å². The minimum Gasteiger partial charge on any atom is -0.390 e. The Bertz CT molecular complexity index is 203. The van der Waals surface area contributed by atoms with Crippen molar-refractivity contribution in [3.63, 3.8) is 0 Å². The van der Waals surface area contributed by atoms with Crippen LogP contribution in [0.2, 0.25) is 0 Å². The van der Waals surface area contributed by atoms with Crippen LogP contribution in [0.3, 0.4) is 0 Å². The van der Waals surface area contributed by atoms with Crippen LogP contribution in [0, 0.1) is 11.8 Å². The van der Waals surface area contributed by atoms with Crippen LogP contribution >= 0.6 is 0 Å². The Labute approximate surface area is 100 Å². The summed E-state index contributed by atoms with van der Waals surface area (Å²) >= 11 is 0. The highest BCUT2D eigenvalue weighted by molar-refractivity contribution is 4.88. The molecular weight excluding hydrogens is 200 g/mol. The van der Waals surface area contributed by atoms with Crippen molar-refractivity contribution in [2.75, 3.05) is 6.61 Å². The molecule has 0 amide bonds. The van der Waals surface area contributed by atoms with Gasteiger partial charge in [0.15, 0.2) is 0 Å². The van der Waals surface area contributed by atoms with Crippen molar-refractivity contribution >= 4 is 0 Å². The molecule has 0 bridgehead atoms. The Morgan fingerprint density at radius 2 is 2.06 bits per heavy atom. The molecule has 1 aliphatic rings. The molecule has 0 saturated carbocycles. The fourth-order valence-corrected chi connectivity index (χ4v) is 2.79. The van der Waals surface area contributed by atoms with Gasteiger partial charge < -0.3 is 9.84 Å². The van der Waals surface area contributed by atoms with E-state index in [0.29, 0.717) is 11.8 Å². The first-order valence-corrected chi connectivity index (χ1v) is 6.81. The smallest absolute Gasteiger partial charge is 0.0697 e. The molecule has 0 aliphatic carbocycles. The van der Waals surface area contributed by atoms with Crippen LogP contribution in [0.4, 0.5) is 0 Å². The maximum Gasteiger partial charge on any atom is 0.0697 e. The maximum absolute atomic E-state index is 10.6. The Morgan fingerprint density at radius 3 is 2.62 bits per heavy atom. The summed E-state index contributed by atoms with van der Waals surface area (Å²) in [4.78, 5) is 0. The average Bonchev–Trinajstić information content (AvgIpc) is 2.16. The maximum atomic E-state index is 10.6. The molecule has 96 valence electrons. The van der Waals surface area contributed by atoms with Crippen molar-refractivity contribution in [1.29, 1.82) is 0 Å². The van der Waals surface area contributed by atoms with E-state index in [1.165, 1.54) is 12.8 Å². The average molecular weight is 228 g/mol. The van der Waals surface area contributed by atoms with E-state index in [4.69, 9.17) is 4.74 Å². The van der Waals surface area contributed by atoms with Gasteiger partial charge in [-0.05, 0) is 24.7 Å². The first kappa shape index (κ1) is 14.0. The van der Waals surface area contributed by atoms with Gasteiger partial charge in [-0.2, -0.15) is 0 Å². The summed E-state index contributed by atoms with van der Waals surface area (Å²) in [6.07, 6.45) is 5.24. The standard InChI is InChI=1S/C14H28O2/c1-5-6-12(4)9-14(15)7-8-16-13(10-14)11(2)3/h11-13,15H,5-10H2,1-4H3. The molecule has 0 radical (unpaired) electrons. The van der Waals surface area contributed by atoms with E-state index in [9.17, 15) is 5.11 Å². The molecule has 0 aromatic heterocycles. The van der Waals surface area contributed by atoms with Crippen LogP contribution in [-0.2, 0) is 4.74 Å². The molecule has 0 aromatic rings. The van der Waals surface area contributed by atoms with E-state index >= 15 is 0 Å². The van der Waals surface area contributed by atoms with Crippen LogP contribution in [0.25, 0.3) is 0 Å². The molecule has 0 aromatic carbocycles. The normalized spacial score (nSPS) is 33.0. The van der Waals surface area contributed by atoms with E-state index in [1.807, 2.05) is 0 Å². The zero-order valence-electron chi connectivity index (χ0n) is 11.3. The van der Waals surface area contributed by atoms with Gasteiger partial charge in [0.1, 0.15) is 0 Å². The van der Waals surface area contributed by atoms with Gasteiger partial charge in [0.2, 0.25) is 0 Å². The lowest BCUT2D eigenvalue weighted by Gasteiger charge is -2.40. The highest BCUT2D eigenvalue weighted by Crippen LogP contribution is 2.34. The minimum absolute atomic E-state index is 0.243. The summed E-state index contributed by atoms with van der Waals surface area (Å²) in [5, 5.41) is 10.6. The van der Waals surface area contributed by atoms with Crippen molar-refractivity contribution in [3.8, 4) is 0 Å². The van der Waals surface area contributed by atoms with Gasteiger partial charge in [-0.15, -0.1) is 0 Å². The predicted molar refractivity (Wildman–Crippen MR) is 67.5 cm³/mol. The van der Waals surface area contributed by atoms with Crippen molar-refractivity contribution in [1.82, 2.24) is 0 Å². The van der Waals surface area contributed by atoms with Crippen molar-refractivity contribution in [3.05, 3.63) is 0 Å². The molecule has 3 unspecified atom stereocenters. The van der Waals surface area contributed by atoms with Gasteiger partial charge in [0.05, 0.1) is 11.7 Å². The summed E-state index contributed by atoms with van der Waals surface area (Å²) in [5.74, 6) is 1.13. The minimum atomic E-state index is -0.470. The Balaban J connectivity index is 2.48. The van der Waals surface area contributed by atoms with Gasteiger partial charge >= 0.3 is 0 Å². The van der Waals surface area contributed by atoms with Crippen LogP contribution in [0.15, 0.2) is 0 Å². The second-order valence-corrected chi connectivity index (χ2v) is 5.93. The predicted octanol–water partition coefficient (Wildman–Crippen LogP) is 3.38. The molecule has 16 heavy (non-hydrogen) atoms. The van der Waals surface area contributed by atoms with Gasteiger partial charge in [-0.3, -0.25) is 0 Å². The van der Waals surface area contributed by atoms with Gasteiger partial charge in [-0.1, -0.05) is 40.5 Å². The van der Waals surface area contributed by atoms with Crippen molar-refractivity contribution in [2.45, 2.75) is 71.5 Å². The quantitative estimate of drug-likeness (QED) is 0.781. The monoisotopic (exact) mass is 228 g/mol. The summed E-state index contributed by atoms with van der Waals surface area (Å²) < 4.78 is 5.72. The molecular formula is C14H28O2. The zero-order chi connectivity index (χ0) is 12.2. The second-order valence-electron chi connectivity index (χ2n) is 5.93. The SMILES string of the molecule is CCCC(C)CC1(O)CCOC(C(C)C)C1. The van der Waals surface area contributed by atoms with Gasteiger partial charge in [-0.25, -0.2) is 0 Å². The van der Waals surface area contributed by atoms with E-state index in [2.05, 4.69) is 27.7 Å². The summed E-state index contributed by atoms with van der Waals surface area (Å²) in [7, 11) is 0. The molecule has 3 atom stereocenters. The number of hydrogen-bond donors (Lipinski definition) is 1. The molecule has 1 fully saturated rings. The number of rotatable bonds is 5. The van der Waals surface area contributed by atoms with E-state index in [-0.39, 0.29) is 6.10 Å². The second kappa shape index (κ2) is 6.02. The first-order valence-electron chi connectivity index (χ1n) is 6.81. The topological polar surface area (TPSA) is 29.5 Å². The molecule has 1 rings (SSSR count). The van der Waals surface area contributed by atoms with Gasteiger partial charge in [0, 0.05) is 13.0 Å². The fourth-order valence-electron chi connectivity index (χ4n) is 2.79. The van der Waals surface area contributed by atoms with Crippen LogP contribution in [0.5, 0.6) is 0 Å². The van der Waals surface area contributed by atoms with E-state index in [0.717, 1.165) is 25.9 Å².